The summed E-state index contributed by atoms with van der Waals surface area (Å²) in [5, 5.41) is 14.2. The van der Waals surface area contributed by atoms with Gasteiger partial charge in [-0.2, -0.15) is 0 Å². The second-order valence-electron chi connectivity index (χ2n) is 7.39. The monoisotopic (exact) mass is 496 g/mol. The van der Waals surface area contributed by atoms with Crippen LogP contribution in [-0.2, 0) is 19.6 Å². The van der Waals surface area contributed by atoms with Gasteiger partial charge < -0.3 is 19.7 Å². The zero-order valence-electron chi connectivity index (χ0n) is 17.4. The van der Waals surface area contributed by atoms with E-state index < -0.39 is 5.97 Å². The van der Waals surface area contributed by atoms with Gasteiger partial charge >= 0.3 is 5.97 Å². The van der Waals surface area contributed by atoms with Crippen molar-refractivity contribution in [1.82, 2.24) is 9.88 Å². The Labute approximate surface area is 193 Å². The number of hydrogen-bond acceptors (Lipinski definition) is 3. The molecule has 32 heavy (non-hydrogen) atoms. The van der Waals surface area contributed by atoms with Crippen LogP contribution < -0.4 is 10.1 Å². The number of fused-ring (bicyclic) bond motifs is 1. The summed E-state index contributed by atoms with van der Waals surface area (Å²) in [6.07, 6.45) is 0. The fraction of sp³-hybridized carbons (Fsp3) is 0.160. The van der Waals surface area contributed by atoms with Crippen LogP contribution in [0.25, 0.3) is 10.9 Å². The summed E-state index contributed by atoms with van der Waals surface area (Å²) in [6, 6.07) is 19.7. The molecule has 4 aromatic rings. The Morgan fingerprint density at radius 3 is 2.47 bits per heavy atom. The number of halogens is 2. The molecule has 0 saturated carbocycles. The molecule has 0 saturated heterocycles. The van der Waals surface area contributed by atoms with E-state index in [1.807, 2.05) is 30.3 Å². The zero-order valence-corrected chi connectivity index (χ0v) is 19.0. The van der Waals surface area contributed by atoms with E-state index >= 15 is 0 Å². The highest BCUT2D eigenvalue weighted by Gasteiger charge is 2.23. The fourth-order valence-corrected chi connectivity index (χ4v) is 4.30. The molecule has 3 aromatic carbocycles. The summed E-state index contributed by atoms with van der Waals surface area (Å²) in [7, 11) is 1.56. The van der Waals surface area contributed by atoms with Crippen LogP contribution in [0.15, 0.2) is 71.2 Å². The molecular formula is C25H22BrFN2O3. The average molecular weight is 497 g/mol. The molecule has 0 aliphatic heterocycles. The molecule has 7 heteroatoms. The van der Waals surface area contributed by atoms with E-state index in [1.54, 1.807) is 42.0 Å². The van der Waals surface area contributed by atoms with Crippen LogP contribution in [0.3, 0.4) is 0 Å². The van der Waals surface area contributed by atoms with Crippen molar-refractivity contribution in [3.05, 3.63) is 99.4 Å². The molecule has 0 amide bonds. The molecule has 164 valence electrons. The van der Waals surface area contributed by atoms with Gasteiger partial charge in [0.05, 0.1) is 19.2 Å². The lowest BCUT2D eigenvalue weighted by molar-refractivity contribution is 0.0684. The summed E-state index contributed by atoms with van der Waals surface area (Å²) in [5.74, 6) is -0.828. The molecule has 0 aliphatic rings. The molecule has 2 N–H and O–H groups in total. The number of carboxylic acids is 1. The fourth-order valence-electron chi connectivity index (χ4n) is 3.88. The number of aromatic nitrogens is 1. The van der Waals surface area contributed by atoms with Gasteiger partial charge in [0.2, 0.25) is 0 Å². The molecule has 0 fully saturated rings. The minimum Gasteiger partial charge on any atom is -0.497 e. The number of nitrogens with zero attached hydrogens (tertiary/aromatic N) is 1. The SMILES string of the molecule is COc1ccc2c(CNCc3ccccc3Br)c(C(=O)O)n(Cc3ccccc3F)c2c1. The van der Waals surface area contributed by atoms with E-state index in [9.17, 15) is 14.3 Å². The molecule has 0 bridgehead atoms. The van der Waals surface area contributed by atoms with Gasteiger partial charge in [0.1, 0.15) is 17.3 Å². The van der Waals surface area contributed by atoms with Crippen molar-refractivity contribution in [2.24, 2.45) is 0 Å². The molecule has 0 spiro atoms. The van der Waals surface area contributed by atoms with Gasteiger partial charge in [-0.1, -0.05) is 52.3 Å². The van der Waals surface area contributed by atoms with E-state index in [0.29, 0.717) is 35.5 Å². The highest BCUT2D eigenvalue weighted by atomic mass is 79.9. The van der Waals surface area contributed by atoms with Crippen LogP contribution in [0.4, 0.5) is 4.39 Å². The van der Waals surface area contributed by atoms with E-state index in [2.05, 4.69) is 21.2 Å². The van der Waals surface area contributed by atoms with Crippen molar-refractivity contribution >= 4 is 32.8 Å². The molecule has 0 atom stereocenters. The third-order valence-electron chi connectivity index (χ3n) is 5.44. The second-order valence-corrected chi connectivity index (χ2v) is 8.24. The normalized spacial score (nSPS) is 11.1. The van der Waals surface area contributed by atoms with Crippen LogP contribution in [0, 0.1) is 5.82 Å². The van der Waals surface area contributed by atoms with Crippen LogP contribution in [0.1, 0.15) is 27.2 Å². The highest BCUT2D eigenvalue weighted by Crippen LogP contribution is 2.31. The molecule has 1 aromatic heterocycles. The number of hydrogen-bond donors (Lipinski definition) is 2. The largest absolute Gasteiger partial charge is 0.497 e. The van der Waals surface area contributed by atoms with E-state index in [0.717, 1.165) is 15.4 Å². The quantitative estimate of drug-likeness (QED) is 0.333. The summed E-state index contributed by atoms with van der Waals surface area (Å²) < 4.78 is 22.4. The molecule has 1 heterocycles. The Hall–Kier alpha value is -3.16. The summed E-state index contributed by atoms with van der Waals surface area (Å²) in [4.78, 5) is 12.3. The highest BCUT2D eigenvalue weighted by molar-refractivity contribution is 9.10. The minimum atomic E-state index is -1.06. The molecule has 0 radical (unpaired) electrons. The Balaban J connectivity index is 1.77. The van der Waals surface area contributed by atoms with E-state index in [1.165, 1.54) is 6.07 Å². The van der Waals surface area contributed by atoms with Crippen molar-refractivity contribution in [2.45, 2.75) is 19.6 Å². The van der Waals surface area contributed by atoms with Gasteiger partial charge in [0, 0.05) is 40.1 Å². The number of aromatic carboxylic acids is 1. The first-order valence-corrected chi connectivity index (χ1v) is 10.9. The number of ether oxygens (including phenoxy) is 1. The van der Waals surface area contributed by atoms with Gasteiger partial charge in [0.15, 0.2) is 0 Å². The number of methoxy groups -OCH3 is 1. The first-order valence-electron chi connectivity index (χ1n) is 10.1. The summed E-state index contributed by atoms with van der Waals surface area (Å²) in [6.45, 7) is 1.01. The van der Waals surface area contributed by atoms with Crippen LogP contribution in [0.5, 0.6) is 5.75 Å². The summed E-state index contributed by atoms with van der Waals surface area (Å²) in [5.41, 5.74) is 2.96. The lowest BCUT2D eigenvalue weighted by Gasteiger charge is -2.11. The maximum atomic E-state index is 14.4. The Morgan fingerprint density at radius 1 is 1.06 bits per heavy atom. The lowest BCUT2D eigenvalue weighted by Crippen LogP contribution is -2.17. The van der Waals surface area contributed by atoms with Crippen molar-refractivity contribution < 1.29 is 19.0 Å². The number of nitrogens with one attached hydrogen (secondary N) is 1. The third-order valence-corrected chi connectivity index (χ3v) is 6.21. The van der Waals surface area contributed by atoms with Gasteiger partial charge in [0.25, 0.3) is 0 Å². The standard InChI is InChI=1S/C25H22BrFN2O3/c1-32-18-10-11-19-20(14-28-13-16-6-2-4-8-21(16)26)24(25(30)31)29(23(19)12-18)15-17-7-3-5-9-22(17)27/h2-12,28H,13-15H2,1H3,(H,30,31). The molecular weight excluding hydrogens is 475 g/mol. The number of carbonyl (C=O) groups is 1. The van der Waals surface area contributed by atoms with Gasteiger partial charge in [-0.25, -0.2) is 9.18 Å². The number of rotatable bonds is 8. The smallest absolute Gasteiger partial charge is 0.352 e. The average Bonchev–Trinajstić information content (AvgIpc) is 3.09. The van der Waals surface area contributed by atoms with E-state index in [-0.39, 0.29) is 18.1 Å². The van der Waals surface area contributed by atoms with Gasteiger partial charge in [-0.05, 0) is 29.8 Å². The maximum absolute atomic E-state index is 14.4. The van der Waals surface area contributed by atoms with Crippen molar-refractivity contribution in [2.75, 3.05) is 7.11 Å². The van der Waals surface area contributed by atoms with Gasteiger partial charge in [-0.3, -0.25) is 0 Å². The number of benzene rings is 3. The van der Waals surface area contributed by atoms with E-state index in [4.69, 9.17) is 4.74 Å². The van der Waals surface area contributed by atoms with Crippen LogP contribution >= 0.6 is 15.9 Å². The first-order chi connectivity index (χ1) is 15.5. The maximum Gasteiger partial charge on any atom is 0.352 e. The van der Waals surface area contributed by atoms with Crippen LogP contribution in [0.2, 0.25) is 0 Å². The van der Waals surface area contributed by atoms with Crippen molar-refractivity contribution in [3.8, 4) is 5.75 Å². The second kappa shape index (κ2) is 9.54. The topological polar surface area (TPSA) is 63.5 Å². The summed E-state index contributed by atoms with van der Waals surface area (Å²) >= 11 is 3.54. The van der Waals surface area contributed by atoms with Gasteiger partial charge in [-0.15, -0.1) is 0 Å². The third kappa shape index (κ3) is 4.40. The molecule has 0 unspecified atom stereocenters. The lowest BCUT2D eigenvalue weighted by atomic mass is 10.1. The first kappa shape index (κ1) is 22.0. The van der Waals surface area contributed by atoms with Crippen LogP contribution in [-0.4, -0.2) is 22.8 Å². The van der Waals surface area contributed by atoms with Crippen molar-refractivity contribution in [1.29, 1.82) is 0 Å². The Morgan fingerprint density at radius 2 is 1.78 bits per heavy atom. The zero-order chi connectivity index (χ0) is 22.7. The number of carboxylic acid groups (broad SMARTS) is 1. The molecule has 4 rings (SSSR count). The molecule has 5 nitrogen and oxygen atoms in total. The Bertz CT molecular complexity index is 1290. The Kier molecular flexibility index (Phi) is 6.58. The predicted molar refractivity (Wildman–Crippen MR) is 126 cm³/mol. The van der Waals surface area contributed by atoms with Crippen molar-refractivity contribution in [3.63, 3.8) is 0 Å². The predicted octanol–water partition coefficient (Wildman–Crippen LogP) is 5.59. The molecule has 0 aliphatic carbocycles. The minimum absolute atomic E-state index is 0.0994.